The Bertz CT molecular complexity index is 1110. The number of carbonyl (C=O) groups excluding carboxylic acids is 1. The lowest BCUT2D eigenvalue weighted by atomic mass is 10.1. The highest BCUT2D eigenvalue weighted by atomic mass is 32.2. The maximum atomic E-state index is 13.0. The fourth-order valence-electron chi connectivity index (χ4n) is 2.77. The van der Waals surface area contributed by atoms with Crippen molar-refractivity contribution in [3.63, 3.8) is 0 Å². The molecule has 0 atom stereocenters. The van der Waals surface area contributed by atoms with Crippen molar-refractivity contribution < 1.29 is 9.18 Å². The molecule has 0 bridgehead atoms. The summed E-state index contributed by atoms with van der Waals surface area (Å²) in [5.41, 5.74) is 2.64. The molecule has 4 aromatic rings. The molecule has 1 amide bonds. The van der Waals surface area contributed by atoms with E-state index in [4.69, 9.17) is 0 Å². The normalized spacial score (nSPS) is 10.8. The molecule has 2 heterocycles. The molecule has 0 aliphatic heterocycles. The zero-order valence-corrected chi connectivity index (χ0v) is 16.4. The number of aryl methyl sites for hydroxylation is 1. The molecule has 0 aliphatic rings. The minimum atomic E-state index is -0.346. The third-order valence-electron chi connectivity index (χ3n) is 4.20. The first kappa shape index (κ1) is 18.9. The van der Waals surface area contributed by atoms with E-state index in [0.717, 1.165) is 11.1 Å². The van der Waals surface area contributed by atoms with Gasteiger partial charge in [0.25, 0.3) is 0 Å². The van der Waals surface area contributed by atoms with E-state index >= 15 is 0 Å². The van der Waals surface area contributed by atoms with Crippen LogP contribution < -0.4 is 5.32 Å². The first-order valence-corrected chi connectivity index (χ1v) is 9.93. The number of nitrogens with one attached hydrogen (secondary N) is 1. The minimum Gasteiger partial charge on any atom is -0.325 e. The molecule has 0 saturated carbocycles. The van der Waals surface area contributed by atoms with Crippen molar-refractivity contribution in [2.24, 2.45) is 0 Å². The number of carbonyl (C=O) groups is 1. The third kappa shape index (κ3) is 4.38. The predicted molar refractivity (Wildman–Crippen MR) is 111 cm³/mol. The van der Waals surface area contributed by atoms with Crippen molar-refractivity contribution in [3.05, 3.63) is 84.4 Å². The van der Waals surface area contributed by atoms with Gasteiger partial charge >= 0.3 is 0 Å². The number of halogens is 1. The van der Waals surface area contributed by atoms with Crippen LogP contribution in [0.2, 0.25) is 0 Å². The summed E-state index contributed by atoms with van der Waals surface area (Å²) in [5.74, 6) is 0.272. The fourth-order valence-corrected chi connectivity index (χ4v) is 3.50. The molecule has 29 heavy (non-hydrogen) atoms. The summed E-state index contributed by atoms with van der Waals surface area (Å²) in [7, 11) is 0. The lowest BCUT2D eigenvalue weighted by Gasteiger charge is -2.11. The van der Waals surface area contributed by atoms with E-state index in [0.29, 0.717) is 16.7 Å². The van der Waals surface area contributed by atoms with Crippen LogP contribution in [0.1, 0.15) is 5.56 Å². The minimum absolute atomic E-state index is 0.144. The molecule has 0 aliphatic carbocycles. The zero-order valence-electron chi connectivity index (χ0n) is 15.6. The van der Waals surface area contributed by atoms with Crippen LogP contribution >= 0.6 is 11.8 Å². The number of anilines is 1. The Kier molecular flexibility index (Phi) is 5.44. The fraction of sp³-hybridized carbons (Fsp3) is 0.0952. The van der Waals surface area contributed by atoms with Crippen LogP contribution in [0.5, 0.6) is 0 Å². The van der Waals surface area contributed by atoms with Gasteiger partial charge in [-0.1, -0.05) is 41.6 Å². The van der Waals surface area contributed by atoms with Crippen molar-refractivity contribution in [3.8, 4) is 11.4 Å². The van der Waals surface area contributed by atoms with Gasteiger partial charge in [0.1, 0.15) is 5.82 Å². The summed E-state index contributed by atoms with van der Waals surface area (Å²) in [6, 6.07) is 17.5. The molecule has 0 radical (unpaired) electrons. The van der Waals surface area contributed by atoms with E-state index in [9.17, 15) is 9.18 Å². The summed E-state index contributed by atoms with van der Waals surface area (Å²) in [6.45, 7) is 2.03. The number of hydrogen-bond donors (Lipinski definition) is 1. The van der Waals surface area contributed by atoms with Gasteiger partial charge in [-0.2, -0.15) is 0 Å². The molecule has 6 nitrogen and oxygen atoms in total. The van der Waals surface area contributed by atoms with Gasteiger partial charge in [0, 0.05) is 23.6 Å². The van der Waals surface area contributed by atoms with Crippen LogP contribution in [-0.4, -0.2) is 31.2 Å². The average molecular weight is 407 g/mol. The van der Waals surface area contributed by atoms with Crippen molar-refractivity contribution in [1.29, 1.82) is 0 Å². The van der Waals surface area contributed by atoms with E-state index in [1.54, 1.807) is 0 Å². The molecular formula is C21H18FN5OS. The highest BCUT2D eigenvalue weighted by Crippen LogP contribution is 2.25. The number of amides is 1. The molecule has 2 aromatic carbocycles. The summed E-state index contributed by atoms with van der Waals surface area (Å²) >= 11 is 1.28. The first-order chi connectivity index (χ1) is 14.1. The highest BCUT2D eigenvalue weighted by molar-refractivity contribution is 7.99. The van der Waals surface area contributed by atoms with Crippen molar-refractivity contribution in [2.75, 3.05) is 11.1 Å². The second-order valence-electron chi connectivity index (χ2n) is 6.39. The van der Waals surface area contributed by atoms with Crippen molar-refractivity contribution in [1.82, 2.24) is 19.5 Å². The van der Waals surface area contributed by atoms with Gasteiger partial charge in [-0.15, -0.1) is 10.2 Å². The Morgan fingerprint density at radius 3 is 2.41 bits per heavy atom. The second-order valence-corrected chi connectivity index (χ2v) is 7.33. The molecule has 0 unspecified atom stereocenters. The van der Waals surface area contributed by atoms with E-state index in [1.807, 2.05) is 65.1 Å². The number of aromatic nitrogens is 4. The number of rotatable bonds is 6. The number of benzene rings is 2. The topological polar surface area (TPSA) is 64.7 Å². The van der Waals surface area contributed by atoms with Gasteiger partial charge in [0.15, 0.2) is 5.82 Å². The maximum Gasteiger partial charge on any atom is 0.234 e. The Hall–Kier alpha value is -3.39. The van der Waals surface area contributed by atoms with E-state index in [2.05, 4.69) is 15.5 Å². The Morgan fingerprint density at radius 2 is 1.72 bits per heavy atom. The monoisotopic (exact) mass is 407 g/mol. The van der Waals surface area contributed by atoms with Gasteiger partial charge < -0.3 is 5.32 Å². The Balaban J connectivity index is 1.55. The summed E-state index contributed by atoms with van der Waals surface area (Å²) < 4.78 is 16.7. The van der Waals surface area contributed by atoms with Crippen LogP contribution in [0, 0.1) is 12.7 Å². The SMILES string of the molecule is Cc1ccc(-c2nnc(SCC(=O)Nc3ccc(F)cc3)n2-n2cccc2)cc1. The molecule has 4 rings (SSSR count). The molecule has 8 heteroatoms. The average Bonchev–Trinajstić information content (AvgIpc) is 3.38. The van der Waals surface area contributed by atoms with Crippen LogP contribution in [0.4, 0.5) is 10.1 Å². The predicted octanol–water partition coefficient (Wildman–Crippen LogP) is 4.24. The second kappa shape index (κ2) is 8.32. The van der Waals surface area contributed by atoms with Gasteiger partial charge in [-0.25, -0.2) is 9.07 Å². The zero-order chi connectivity index (χ0) is 20.2. The molecule has 0 fully saturated rings. The van der Waals surface area contributed by atoms with Gasteiger partial charge in [0.2, 0.25) is 11.1 Å². The number of nitrogens with zero attached hydrogens (tertiary/aromatic N) is 4. The molecule has 0 saturated heterocycles. The number of thioether (sulfide) groups is 1. The van der Waals surface area contributed by atoms with E-state index < -0.39 is 0 Å². The van der Waals surface area contributed by atoms with Crippen LogP contribution in [0.3, 0.4) is 0 Å². The van der Waals surface area contributed by atoms with Crippen LogP contribution in [-0.2, 0) is 4.79 Å². The smallest absolute Gasteiger partial charge is 0.234 e. The Labute approximate surface area is 171 Å². The summed E-state index contributed by atoms with van der Waals surface area (Å²) in [6.07, 6.45) is 3.79. The van der Waals surface area contributed by atoms with Gasteiger partial charge in [0.05, 0.1) is 5.75 Å². The molecular weight excluding hydrogens is 389 g/mol. The molecule has 0 spiro atoms. The quantitative estimate of drug-likeness (QED) is 0.486. The summed E-state index contributed by atoms with van der Waals surface area (Å²) in [5, 5.41) is 12.0. The third-order valence-corrected chi connectivity index (χ3v) is 5.12. The lowest BCUT2D eigenvalue weighted by molar-refractivity contribution is -0.113. The summed E-state index contributed by atoms with van der Waals surface area (Å²) in [4.78, 5) is 12.3. The maximum absolute atomic E-state index is 13.0. The van der Waals surface area contributed by atoms with Gasteiger partial charge in [-0.05, 0) is 43.3 Å². The van der Waals surface area contributed by atoms with E-state index in [1.165, 1.54) is 36.0 Å². The molecule has 146 valence electrons. The standard InChI is InChI=1S/C21H18FN5OS/c1-15-4-6-16(7-5-15)20-24-25-21(27(20)26-12-2-3-13-26)29-14-19(28)23-18-10-8-17(22)9-11-18/h2-13H,14H2,1H3,(H,23,28). The van der Waals surface area contributed by atoms with Crippen LogP contribution in [0.15, 0.2) is 78.2 Å². The van der Waals surface area contributed by atoms with Gasteiger partial charge in [-0.3, -0.25) is 9.47 Å². The molecule has 1 N–H and O–H groups in total. The Morgan fingerprint density at radius 1 is 1.03 bits per heavy atom. The molecule has 2 aromatic heterocycles. The number of hydrogen-bond acceptors (Lipinski definition) is 4. The van der Waals surface area contributed by atoms with Crippen molar-refractivity contribution in [2.45, 2.75) is 12.1 Å². The van der Waals surface area contributed by atoms with Crippen molar-refractivity contribution >= 4 is 23.4 Å². The van der Waals surface area contributed by atoms with E-state index in [-0.39, 0.29) is 17.5 Å². The first-order valence-electron chi connectivity index (χ1n) is 8.94. The largest absolute Gasteiger partial charge is 0.325 e. The highest BCUT2D eigenvalue weighted by Gasteiger charge is 2.17. The lowest BCUT2D eigenvalue weighted by Crippen LogP contribution is -2.15. The van der Waals surface area contributed by atoms with Crippen LogP contribution in [0.25, 0.3) is 11.4 Å².